The molecule has 0 radical (unpaired) electrons. The maximum atomic E-state index is 13.4. The molecule has 4 rings (SSSR count). The normalized spacial score (nSPS) is 15.2. The first-order chi connectivity index (χ1) is 16.0. The number of pyridine rings is 1. The van der Waals surface area contributed by atoms with Gasteiger partial charge in [-0.3, -0.25) is 9.69 Å². The summed E-state index contributed by atoms with van der Waals surface area (Å²) in [5.41, 5.74) is 9.79. The van der Waals surface area contributed by atoms with E-state index in [0.717, 1.165) is 24.9 Å². The molecule has 1 atom stereocenters. The van der Waals surface area contributed by atoms with E-state index in [2.05, 4.69) is 45.3 Å². The summed E-state index contributed by atoms with van der Waals surface area (Å²) in [6.45, 7) is 7.88. The Kier molecular flexibility index (Phi) is 7.25. The van der Waals surface area contributed by atoms with Crippen molar-refractivity contribution in [2.45, 2.75) is 58.7 Å². The van der Waals surface area contributed by atoms with Crippen LogP contribution in [0.3, 0.4) is 0 Å². The average molecular weight is 451 g/mol. The minimum atomic E-state index is -0.203. The summed E-state index contributed by atoms with van der Waals surface area (Å²) in [5.74, 6) is 0.474. The molecule has 0 unspecified atom stereocenters. The standard InChI is InChI=1S/C25H34N6O2/c1-3-6-20(16-32)27-23-22-21(28-25(26)29-23)9-12-31(24(22)33)15-19-8-7-18(13-17(19)2)14-30-10-4-5-11-30/h7-9,12-13,20,32H,3-6,10-11,14-16H2,1-2H3,(H3,26,27,28,29)/t20-/m0/s1. The molecular weight excluding hydrogens is 416 g/mol. The molecular formula is C25H34N6O2. The fraction of sp³-hybridized carbons (Fsp3) is 0.480. The summed E-state index contributed by atoms with van der Waals surface area (Å²) in [6, 6.07) is 8.11. The largest absolute Gasteiger partial charge is 0.394 e. The third-order valence-electron chi connectivity index (χ3n) is 6.39. The molecule has 1 fully saturated rings. The van der Waals surface area contributed by atoms with Crippen molar-refractivity contribution in [3.63, 3.8) is 0 Å². The van der Waals surface area contributed by atoms with Crippen LogP contribution in [-0.2, 0) is 13.1 Å². The summed E-state index contributed by atoms with van der Waals surface area (Å²) in [5, 5.41) is 13.3. The number of nitrogen functional groups attached to an aromatic ring is 1. The Labute approximate surface area is 194 Å². The predicted octanol–water partition coefficient (Wildman–Crippen LogP) is 2.90. The van der Waals surface area contributed by atoms with Crippen molar-refractivity contribution in [1.29, 1.82) is 0 Å². The Balaban J connectivity index is 1.63. The smallest absolute Gasteiger partial charge is 0.264 e. The number of hydrogen-bond acceptors (Lipinski definition) is 7. The third-order valence-corrected chi connectivity index (χ3v) is 6.39. The molecule has 0 spiro atoms. The number of hydrogen-bond donors (Lipinski definition) is 3. The minimum absolute atomic E-state index is 0.0523. The van der Waals surface area contributed by atoms with E-state index in [1.165, 1.54) is 37.1 Å². The summed E-state index contributed by atoms with van der Waals surface area (Å²) in [6.07, 6.45) is 5.98. The van der Waals surface area contributed by atoms with Crippen LogP contribution in [-0.4, -0.2) is 50.3 Å². The van der Waals surface area contributed by atoms with Gasteiger partial charge in [-0.05, 0) is 62.0 Å². The van der Waals surface area contributed by atoms with Gasteiger partial charge in [-0.25, -0.2) is 4.98 Å². The van der Waals surface area contributed by atoms with E-state index in [0.29, 0.717) is 23.3 Å². The number of aromatic nitrogens is 3. The molecule has 3 aromatic rings. The zero-order valence-corrected chi connectivity index (χ0v) is 19.5. The minimum Gasteiger partial charge on any atom is -0.394 e. The van der Waals surface area contributed by atoms with Crippen LogP contribution >= 0.6 is 0 Å². The summed E-state index contributed by atoms with van der Waals surface area (Å²) in [4.78, 5) is 24.5. The molecule has 3 heterocycles. The molecule has 1 aliphatic rings. The lowest BCUT2D eigenvalue weighted by atomic mass is 10.0. The van der Waals surface area contributed by atoms with Gasteiger partial charge in [0.2, 0.25) is 5.95 Å². The number of anilines is 2. The molecule has 176 valence electrons. The highest BCUT2D eigenvalue weighted by molar-refractivity contribution is 5.89. The van der Waals surface area contributed by atoms with E-state index in [1.807, 2.05) is 6.92 Å². The van der Waals surface area contributed by atoms with Gasteiger partial charge in [0.05, 0.1) is 24.7 Å². The van der Waals surface area contributed by atoms with Crippen LogP contribution in [0.1, 0.15) is 49.3 Å². The number of nitrogens with two attached hydrogens (primary N) is 1. The van der Waals surface area contributed by atoms with Gasteiger partial charge in [-0.2, -0.15) is 4.98 Å². The highest BCUT2D eigenvalue weighted by Crippen LogP contribution is 2.21. The first kappa shape index (κ1) is 23.2. The van der Waals surface area contributed by atoms with Crippen LogP contribution in [0, 0.1) is 6.92 Å². The van der Waals surface area contributed by atoms with Gasteiger partial charge in [-0.15, -0.1) is 0 Å². The van der Waals surface area contributed by atoms with Gasteiger partial charge in [0.1, 0.15) is 11.2 Å². The molecule has 8 nitrogen and oxygen atoms in total. The quantitative estimate of drug-likeness (QED) is 0.460. The zero-order chi connectivity index (χ0) is 23.4. The van der Waals surface area contributed by atoms with Crippen LogP contribution in [0.25, 0.3) is 10.9 Å². The Morgan fingerprint density at radius 1 is 1.18 bits per heavy atom. The van der Waals surface area contributed by atoms with Crippen LogP contribution < -0.4 is 16.6 Å². The first-order valence-electron chi connectivity index (χ1n) is 11.8. The number of benzene rings is 1. The first-order valence-corrected chi connectivity index (χ1v) is 11.8. The third kappa shape index (κ3) is 5.34. The van der Waals surface area contributed by atoms with Gasteiger partial charge in [0, 0.05) is 12.7 Å². The lowest BCUT2D eigenvalue weighted by molar-refractivity contribution is 0.268. The fourth-order valence-corrected chi connectivity index (χ4v) is 4.60. The number of aryl methyl sites for hydroxylation is 1. The second-order valence-corrected chi connectivity index (χ2v) is 9.00. The summed E-state index contributed by atoms with van der Waals surface area (Å²) < 4.78 is 1.68. The fourth-order valence-electron chi connectivity index (χ4n) is 4.60. The van der Waals surface area contributed by atoms with E-state index in [1.54, 1.807) is 16.8 Å². The molecule has 0 saturated carbocycles. The molecule has 1 aliphatic heterocycles. The van der Waals surface area contributed by atoms with Crippen molar-refractivity contribution in [3.8, 4) is 0 Å². The van der Waals surface area contributed by atoms with Gasteiger partial charge < -0.3 is 20.7 Å². The number of nitrogens with one attached hydrogen (secondary N) is 1. The second kappa shape index (κ2) is 10.3. The SMILES string of the molecule is CCC[C@@H](CO)Nc1nc(N)nc2ccn(Cc3ccc(CN4CCCC4)cc3C)c(=O)c12. The number of aliphatic hydroxyl groups is 1. The zero-order valence-electron chi connectivity index (χ0n) is 19.5. The number of nitrogens with zero attached hydrogens (tertiary/aromatic N) is 4. The Bertz CT molecular complexity index is 1170. The van der Waals surface area contributed by atoms with E-state index >= 15 is 0 Å². The van der Waals surface area contributed by atoms with Gasteiger partial charge in [0.25, 0.3) is 5.56 Å². The Morgan fingerprint density at radius 3 is 2.67 bits per heavy atom. The maximum absolute atomic E-state index is 13.4. The van der Waals surface area contributed by atoms with Crippen molar-refractivity contribution in [2.75, 3.05) is 30.7 Å². The second-order valence-electron chi connectivity index (χ2n) is 9.00. The molecule has 0 bridgehead atoms. The van der Waals surface area contributed by atoms with Crippen LogP contribution in [0.15, 0.2) is 35.3 Å². The van der Waals surface area contributed by atoms with Crippen molar-refractivity contribution in [3.05, 3.63) is 57.5 Å². The van der Waals surface area contributed by atoms with Crippen molar-refractivity contribution >= 4 is 22.7 Å². The lowest BCUT2D eigenvalue weighted by Crippen LogP contribution is -2.27. The molecule has 4 N–H and O–H groups in total. The van der Waals surface area contributed by atoms with Crippen molar-refractivity contribution in [2.24, 2.45) is 0 Å². The molecule has 33 heavy (non-hydrogen) atoms. The predicted molar refractivity (Wildman–Crippen MR) is 132 cm³/mol. The molecule has 1 aromatic carbocycles. The number of likely N-dealkylation sites (tertiary alicyclic amines) is 1. The van der Waals surface area contributed by atoms with E-state index in [-0.39, 0.29) is 24.2 Å². The molecule has 1 saturated heterocycles. The van der Waals surface area contributed by atoms with Crippen LogP contribution in [0.2, 0.25) is 0 Å². The molecule has 0 amide bonds. The molecule has 8 heteroatoms. The van der Waals surface area contributed by atoms with Gasteiger partial charge in [0.15, 0.2) is 0 Å². The van der Waals surface area contributed by atoms with Crippen LogP contribution in [0.4, 0.5) is 11.8 Å². The Hall–Kier alpha value is -2.97. The number of aliphatic hydroxyl groups excluding tert-OH is 1. The topological polar surface area (TPSA) is 109 Å². The Morgan fingerprint density at radius 2 is 1.97 bits per heavy atom. The highest BCUT2D eigenvalue weighted by atomic mass is 16.3. The summed E-state index contributed by atoms with van der Waals surface area (Å²) >= 11 is 0. The van der Waals surface area contributed by atoms with Crippen LogP contribution in [0.5, 0.6) is 0 Å². The van der Waals surface area contributed by atoms with Crippen molar-refractivity contribution < 1.29 is 5.11 Å². The maximum Gasteiger partial charge on any atom is 0.264 e. The van der Waals surface area contributed by atoms with E-state index in [4.69, 9.17) is 5.73 Å². The summed E-state index contributed by atoms with van der Waals surface area (Å²) in [7, 11) is 0. The molecule has 0 aliphatic carbocycles. The molecule has 2 aromatic heterocycles. The van der Waals surface area contributed by atoms with Crippen molar-refractivity contribution in [1.82, 2.24) is 19.4 Å². The van der Waals surface area contributed by atoms with E-state index in [9.17, 15) is 9.90 Å². The highest BCUT2D eigenvalue weighted by Gasteiger charge is 2.17. The van der Waals surface area contributed by atoms with Gasteiger partial charge >= 0.3 is 0 Å². The van der Waals surface area contributed by atoms with Gasteiger partial charge in [-0.1, -0.05) is 31.5 Å². The average Bonchev–Trinajstić information content (AvgIpc) is 3.29. The monoisotopic (exact) mass is 450 g/mol. The number of rotatable bonds is 9. The lowest BCUT2D eigenvalue weighted by Gasteiger charge is -2.18. The number of fused-ring (bicyclic) bond motifs is 1. The van der Waals surface area contributed by atoms with E-state index < -0.39 is 0 Å².